The quantitative estimate of drug-likeness (QED) is 0.291. The lowest BCUT2D eigenvalue weighted by atomic mass is 10.1. The molecule has 0 aliphatic carbocycles. The molecule has 1 unspecified atom stereocenters. The molecule has 0 fully saturated rings. The molecular formula is C23H29OSi. The van der Waals surface area contributed by atoms with Crippen molar-refractivity contribution < 1.29 is 4.74 Å². The summed E-state index contributed by atoms with van der Waals surface area (Å²) >= 11 is 0. The maximum Gasteiger partial charge on any atom is 0.195 e. The van der Waals surface area contributed by atoms with Crippen LogP contribution in [0.5, 0.6) is 5.75 Å². The molecule has 2 rings (SSSR count). The van der Waals surface area contributed by atoms with Crippen molar-refractivity contribution in [1.82, 2.24) is 0 Å². The van der Waals surface area contributed by atoms with Crippen molar-refractivity contribution in [3.8, 4) is 17.7 Å². The van der Waals surface area contributed by atoms with Crippen LogP contribution >= 0.6 is 0 Å². The Bertz CT molecular complexity index is 721. The first kappa shape index (κ1) is 19.3. The van der Waals surface area contributed by atoms with Crippen LogP contribution in [0.25, 0.3) is 10.8 Å². The number of terminal acetylenes is 1. The summed E-state index contributed by atoms with van der Waals surface area (Å²) in [6.07, 6.45) is 14.8. The number of rotatable bonds is 9. The highest BCUT2D eigenvalue weighted by Crippen LogP contribution is 2.28. The highest BCUT2D eigenvalue weighted by Gasteiger charge is 2.27. The van der Waals surface area contributed by atoms with Gasteiger partial charge in [0.2, 0.25) is 0 Å². The Hall–Kier alpha value is -1.98. The van der Waals surface area contributed by atoms with Crippen molar-refractivity contribution >= 4 is 19.6 Å². The molecule has 0 aromatic heterocycles. The number of hydrogen-bond acceptors (Lipinski definition) is 1. The first-order valence-electron chi connectivity index (χ1n) is 9.30. The van der Waals surface area contributed by atoms with Gasteiger partial charge < -0.3 is 4.74 Å². The van der Waals surface area contributed by atoms with Gasteiger partial charge in [-0.25, -0.2) is 0 Å². The van der Waals surface area contributed by atoms with E-state index >= 15 is 0 Å². The second kappa shape index (κ2) is 10.1. The van der Waals surface area contributed by atoms with Crippen molar-refractivity contribution in [2.24, 2.45) is 0 Å². The molecule has 1 nitrogen and oxygen atoms in total. The van der Waals surface area contributed by atoms with E-state index in [1.165, 1.54) is 17.2 Å². The maximum atomic E-state index is 6.52. The lowest BCUT2D eigenvalue weighted by molar-refractivity contribution is 0.266. The Labute approximate surface area is 154 Å². The van der Waals surface area contributed by atoms with Gasteiger partial charge in [0.15, 0.2) is 8.80 Å². The molecule has 1 radical (unpaired) electrons. The van der Waals surface area contributed by atoms with E-state index in [0.717, 1.165) is 25.0 Å². The summed E-state index contributed by atoms with van der Waals surface area (Å²) in [5, 5.41) is 2.37. The Balaban J connectivity index is 2.20. The Kier molecular flexibility index (Phi) is 7.82. The van der Waals surface area contributed by atoms with Crippen LogP contribution in [-0.2, 0) is 0 Å². The van der Waals surface area contributed by atoms with Gasteiger partial charge in [0, 0.05) is 5.39 Å². The molecule has 0 saturated carbocycles. The van der Waals surface area contributed by atoms with Crippen LogP contribution in [0, 0.1) is 12.0 Å². The monoisotopic (exact) mass is 349 g/mol. The van der Waals surface area contributed by atoms with Crippen molar-refractivity contribution in [2.75, 3.05) is 0 Å². The Morgan fingerprint density at radius 2 is 1.80 bits per heavy atom. The molecule has 2 aromatic rings. The molecule has 0 saturated heterocycles. The van der Waals surface area contributed by atoms with Crippen LogP contribution in [0.1, 0.15) is 46.5 Å². The van der Waals surface area contributed by atoms with Crippen LogP contribution in [0.4, 0.5) is 0 Å². The summed E-state index contributed by atoms with van der Waals surface area (Å²) in [6.45, 7) is 6.65. The number of fused-ring (bicyclic) bond motifs is 1. The second-order valence-electron chi connectivity index (χ2n) is 6.68. The van der Waals surface area contributed by atoms with E-state index in [0.29, 0.717) is 5.54 Å². The molecule has 0 aliphatic heterocycles. The molecule has 0 N–H and O–H groups in total. The average molecular weight is 350 g/mol. The second-order valence-corrected chi connectivity index (χ2v) is 9.67. The van der Waals surface area contributed by atoms with Crippen LogP contribution < -0.4 is 4.74 Å². The third kappa shape index (κ3) is 5.51. The SMILES string of the molecule is C#C[Si](C(C)C)C(CC/C=C/CCC)Oc1cccc2ccccc12. The summed E-state index contributed by atoms with van der Waals surface area (Å²) in [7, 11) is -1.03. The van der Waals surface area contributed by atoms with Crippen LogP contribution in [0.3, 0.4) is 0 Å². The van der Waals surface area contributed by atoms with Gasteiger partial charge in [-0.05, 0) is 36.3 Å². The van der Waals surface area contributed by atoms with Gasteiger partial charge in [-0.2, -0.15) is 0 Å². The smallest absolute Gasteiger partial charge is 0.195 e. The molecule has 0 bridgehead atoms. The molecule has 2 heteroatoms. The van der Waals surface area contributed by atoms with E-state index in [-0.39, 0.29) is 5.73 Å². The fraction of sp³-hybridized carbons (Fsp3) is 0.391. The molecule has 131 valence electrons. The Morgan fingerprint density at radius 1 is 1.08 bits per heavy atom. The number of ether oxygens (including phenoxy) is 1. The summed E-state index contributed by atoms with van der Waals surface area (Å²) in [6, 6.07) is 14.6. The fourth-order valence-electron chi connectivity index (χ4n) is 3.01. The standard InChI is InChI=1S/C23H29OSi/c1-5-7-8-9-10-18-23(25(6-2)19(3)4)24-22-17-13-15-20-14-11-12-16-21(20)22/h2,8-9,11-17,19,23H,5,7,10,18H2,1,3-4H3/b9-8+. The van der Waals surface area contributed by atoms with Crippen LogP contribution in [-0.4, -0.2) is 14.5 Å². The van der Waals surface area contributed by atoms with Gasteiger partial charge in [-0.15, -0.1) is 12.0 Å². The third-order valence-corrected chi connectivity index (χ3v) is 7.05. The van der Waals surface area contributed by atoms with Crippen molar-refractivity contribution in [2.45, 2.75) is 57.7 Å². The molecule has 1 atom stereocenters. The summed E-state index contributed by atoms with van der Waals surface area (Å²) in [4.78, 5) is 0. The zero-order chi connectivity index (χ0) is 18.1. The molecule has 25 heavy (non-hydrogen) atoms. The number of hydrogen-bond donors (Lipinski definition) is 0. The normalized spacial score (nSPS) is 12.8. The molecule has 0 amide bonds. The van der Waals surface area contributed by atoms with Gasteiger partial charge in [0.25, 0.3) is 0 Å². The van der Waals surface area contributed by atoms with Crippen molar-refractivity contribution in [1.29, 1.82) is 0 Å². The molecule has 0 aliphatic rings. The highest BCUT2D eigenvalue weighted by molar-refractivity contribution is 6.70. The van der Waals surface area contributed by atoms with E-state index < -0.39 is 8.80 Å². The number of benzene rings is 2. The largest absolute Gasteiger partial charge is 0.492 e. The first-order chi connectivity index (χ1) is 12.2. The van der Waals surface area contributed by atoms with E-state index in [9.17, 15) is 0 Å². The molecule has 0 heterocycles. The van der Waals surface area contributed by atoms with Gasteiger partial charge in [-0.3, -0.25) is 0 Å². The number of allylic oxidation sites excluding steroid dienone is 2. The van der Waals surface area contributed by atoms with Crippen molar-refractivity contribution in [3.05, 3.63) is 54.6 Å². The van der Waals surface area contributed by atoms with Crippen LogP contribution in [0.15, 0.2) is 54.6 Å². The van der Waals surface area contributed by atoms with E-state index in [4.69, 9.17) is 11.2 Å². The first-order valence-corrected chi connectivity index (χ1v) is 11.0. The topological polar surface area (TPSA) is 9.23 Å². The molecule has 2 aromatic carbocycles. The maximum absolute atomic E-state index is 6.52. The zero-order valence-electron chi connectivity index (χ0n) is 15.7. The minimum atomic E-state index is -1.03. The summed E-state index contributed by atoms with van der Waals surface area (Å²) in [5.74, 6) is 0.957. The number of unbranched alkanes of at least 4 members (excludes halogenated alkanes) is 1. The van der Waals surface area contributed by atoms with E-state index in [1.807, 2.05) is 0 Å². The zero-order valence-corrected chi connectivity index (χ0v) is 16.7. The fourth-order valence-corrected chi connectivity index (χ4v) is 5.01. The average Bonchev–Trinajstić information content (AvgIpc) is 2.62. The Morgan fingerprint density at radius 3 is 2.52 bits per heavy atom. The lowest BCUT2D eigenvalue weighted by Crippen LogP contribution is -2.37. The van der Waals surface area contributed by atoms with Crippen molar-refractivity contribution in [3.63, 3.8) is 0 Å². The van der Waals surface area contributed by atoms with E-state index in [2.05, 4.69) is 80.9 Å². The minimum absolute atomic E-state index is 0.132. The predicted molar refractivity (Wildman–Crippen MR) is 111 cm³/mol. The minimum Gasteiger partial charge on any atom is -0.492 e. The van der Waals surface area contributed by atoms with Gasteiger partial charge in [0.1, 0.15) is 5.75 Å². The summed E-state index contributed by atoms with van der Waals surface area (Å²) in [5.41, 5.74) is 3.70. The predicted octanol–water partition coefficient (Wildman–Crippen LogP) is 6.34. The van der Waals surface area contributed by atoms with Crippen LogP contribution in [0.2, 0.25) is 5.54 Å². The summed E-state index contributed by atoms with van der Waals surface area (Å²) < 4.78 is 6.52. The molecule has 0 spiro atoms. The van der Waals surface area contributed by atoms with Gasteiger partial charge in [-0.1, -0.05) is 75.7 Å². The van der Waals surface area contributed by atoms with Gasteiger partial charge >= 0.3 is 0 Å². The lowest BCUT2D eigenvalue weighted by Gasteiger charge is -2.26. The third-order valence-electron chi connectivity index (χ3n) is 4.37. The highest BCUT2D eigenvalue weighted by atomic mass is 28.3. The molecular weight excluding hydrogens is 320 g/mol. The van der Waals surface area contributed by atoms with E-state index in [1.54, 1.807) is 0 Å². The van der Waals surface area contributed by atoms with Gasteiger partial charge in [0.05, 0.1) is 5.73 Å².